The first-order chi connectivity index (χ1) is 12.2. The highest BCUT2D eigenvalue weighted by Gasteiger charge is 2.14. The van der Waals surface area contributed by atoms with E-state index >= 15 is 0 Å². The van der Waals surface area contributed by atoms with Gasteiger partial charge >= 0.3 is 0 Å². The van der Waals surface area contributed by atoms with Crippen molar-refractivity contribution in [2.24, 2.45) is 0 Å². The fourth-order valence-corrected chi connectivity index (χ4v) is 2.53. The fraction of sp³-hybridized carbons (Fsp3) is 0.368. The van der Waals surface area contributed by atoms with Crippen LogP contribution in [0.4, 0.5) is 4.39 Å². The van der Waals surface area contributed by atoms with Gasteiger partial charge in [-0.25, -0.2) is 9.37 Å². The first-order valence-corrected chi connectivity index (χ1v) is 8.41. The van der Waals surface area contributed by atoms with Crippen molar-refractivity contribution < 1.29 is 18.7 Å². The van der Waals surface area contributed by atoms with Crippen molar-refractivity contribution in [3.8, 4) is 11.5 Å². The summed E-state index contributed by atoms with van der Waals surface area (Å²) in [6.07, 6.45) is 7.63. The van der Waals surface area contributed by atoms with Gasteiger partial charge in [0.2, 0.25) is 0 Å². The van der Waals surface area contributed by atoms with Crippen LogP contribution in [-0.2, 0) is 13.0 Å². The minimum Gasteiger partial charge on any atom is -0.493 e. The van der Waals surface area contributed by atoms with Crippen LogP contribution in [0.3, 0.4) is 0 Å². The summed E-state index contributed by atoms with van der Waals surface area (Å²) in [4.78, 5) is 18.5. The summed E-state index contributed by atoms with van der Waals surface area (Å²) in [5.74, 6) is 0.566. The van der Waals surface area contributed by atoms with Crippen LogP contribution in [0.1, 0.15) is 54.3 Å². The molecule has 0 atom stereocenters. The van der Waals surface area contributed by atoms with Gasteiger partial charge in [0.15, 0.2) is 17.8 Å². The number of nitrogens with one attached hydrogen (secondary N) is 1. The van der Waals surface area contributed by atoms with Crippen molar-refractivity contribution in [1.29, 1.82) is 0 Å². The molecular weight excluding hydrogens is 323 g/mol. The fourth-order valence-electron chi connectivity index (χ4n) is 2.53. The summed E-state index contributed by atoms with van der Waals surface area (Å²) in [5.41, 5.74) is 1.95. The number of fused-ring (bicyclic) bond motifs is 1. The maximum absolute atomic E-state index is 13.7. The number of hydrogen-bond donors (Lipinski definition) is 1. The Morgan fingerprint density at radius 2 is 2.12 bits per heavy atom. The number of aldehydes is 1. The Labute approximate surface area is 146 Å². The summed E-state index contributed by atoms with van der Waals surface area (Å²) in [6.45, 7) is 4.16. The number of rotatable bonds is 5. The highest BCUT2D eigenvalue weighted by atomic mass is 19.1. The molecule has 2 aromatic rings. The molecule has 5 nitrogen and oxygen atoms in total. The number of allylic oxidation sites excluding steroid dienone is 1. The van der Waals surface area contributed by atoms with Gasteiger partial charge in [0.05, 0.1) is 18.4 Å². The van der Waals surface area contributed by atoms with Gasteiger partial charge in [-0.05, 0) is 31.4 Å². The number of nitrogens with zero attached hydrogens (tertiary/aromatic N) is 1. The second kappa shape index (κ2) is 9.01. The third-order valence-corrected chi connectivity index (χ3v) is 3.71. The van der Waals surface area contributed by atoms with Crippen molar-refractivity contribution in [2.45, 2.75) is 39.7 Å². The lowest BCUT2D eigenvalue weighted by atomic mass is 10.2. The molecule has 0 saturated heterocycles. The topological polar surface area (TPSA) is 64.2 Å². The van der Waals surface area contributed by atoms with Crippen molar-refractivity contribution in [3.05, 3.63) is 46.8 Å². The summed E-state index contributed by atoms with van der Waals surface area (Å²) in [6, 6.07) is 2.47. The van der Waals surface area contributed by atoms with E-state index in [0.717, 1.165) is 36.7 Å². The lowest BCUT2D eigenvalue weighted by Crippen LogP contribution is -2.01. The maximum Gasteiger partial charge on any atom is 0.164 e. The third-order valence-electron chi connectivity index (χ3n) is 3.71. The molecule has 1 aliphatic carbocycles. The molecule has 0 amide bonds. The van der Waals surface area contributed by atoms with E-state index in [1.54, 1.807) is 0 Å². The van der Waals surface area contributed by atoms with Crippen LogP contribution < -0.4 is 9.47 Å². The van der Waals surface area contributed by atoms with Crippen molar-refractivity contribution in [2.75, 3.05) is 7.11 Å². The third kappa shape index (κ3) is 4.47. The zero-order valence-corrected chi connectivity index (χ0v) is 14.8. The van der Waals surface area contributed by atoms with E-state index in [-0.39, 0.29) is 17.9 Å². The van der Waals surface area contributed by atoms with Gasteiger partial charge in [-0.15, -0.1) is 0 Å². The molecule has 0 saturated carbocycles. The second-order valence-electron chi connectivity index (χ2n) is 5.27. The molecule has 0 spiro atoms. The van der Waals surface area contributed by atoms with Crippen LogP contribution in [0.15, 0.2) is 18.2 Å². The first-order valence-electron chi connectivity index (χ1n) is 8.41. The molecule has 6 heteroatoms. The number of carbonyl (C=O) groups excluding carboxylic acids is 1. The molecular formula is C19H23FN2O3. The summed E-state index contributed by atoms with van der Waals surface area (Å²) >= 11 is 0. The quantitative estimate of drug-likeness (QED) is 0.819. The number of imidazole rings is 1. The highest BCUT2D eigenvalue weighted by Crippen LogP contribution is 2.30. The monoisotopic (exact) mass is 346 g/mol. The predicted molar refractivity (Wildman–Crippen MR) is 94.6 cm³/mol. The zero-order valence-electron chi connectivity index (χ0n) is 14.8. The van der Waals surface area contributed by atoms with E-state index in [9.17, 15) is 9.18 Å². The van der Waals surface area contributed by atoms with Gasteiger partial charge in [-0.3, -0.25) is 4.79 Å². The predicted octanol–water partition coefficient (Wildman–Crippen LogP) is 4.32. The van der Waals surface area contributed by atoms with Crippen molar-refractivity contribution in [1.82, 2.24) is 9.97 Å². The molecule has 0 unspecified atom stereocenters. The van der Waals surface area contributed by atoms with Crippen LogP contribution in [0.2, 0.25) is 0 Å². The zero-order chi connectivity index (χ0) is 18.2. The van der Waals surface area contributed by atoms with Crippen LogP contribution >= 0.6 is 0 Å². The van der Waals surface area contributed by atoms with E-state index in [1.807, 2.05) is 19.9 Å². The Hall–Kier alpha value is -2.63. The Morgan fingerprint density at radius 3 is 2.84 bits per heavy atom. The molecule has 0 fully saturated rings. The molecule has 1 heterocycles. The number of aryl methyl sites for hydroxylation is 1. The molecule has 3 rings (SSSR count). The highest BCUT2D eigenvalue weighted by molar-refractivity contribution is 5.77. The second-order valence-corrected chi connectivity index (χ2v) is 5.27. The van der Waals surface area contributed by atoms with Crippen molar-refractivity contribution in [3.63, 3.8) is 0 Å². The number of halogens is 1. The number of carbonyl (C=O) groups is 1. The minimum absolute atomic E-state index is 0.0657. The number of methoxy groups -OCH3 is 1. The van der Waals surface area contributed by atoms with E-state index in [0.29, 0.717) is 17.9 Å². The Kier molecular flexibility index (Phi) is 6.74. The van der Waals surface area contributed by atoms with Crippen LogP contribution in [0.5, 0.6) is 11.5 Å². The molecule has 1 aromatic carbocycles. The lowest BCUT2D eigenvalue weighted by Gasteiger charge is -2.10. The Morgan fingerprint density at radius 1 is 1.32 bits per heavy atom. The first kappa shape index (κ1) is 18.7. The van der Waals surface area contributed by atoms with Gasteiger partial charge in [0, 0.05) is 11.8 Å². The van der Waals surface area contributed by atoms with E-state index in [1.165, 1.54) is 13.2 Å². The largest absolute Gasteiger partial charge is 0.493 e. The molecule has 0 bridgehead atoms. The summed E-state index contributed by atoms with van der Waals surface area (Å²) in [5, 5.41) is 0. The number of H-pyrrole nitrogens is 1. The summed E-state index contributed by atoms with van der Waals surface area (Å²) in [7, 11) is 1.44. The molecule has 0 radical (unpaired) electrons. The maximum atomic E-state index is 13.7. The molecule has 1 aromatic heterocycles. The van der Waals surface area contributed by atoms with E-state index in [2.05, 4.69) is 16.0 Å². The van der Waals surface area contributed by atoms with Gasteiger partial charge in [-0.1, -0.05) is 19.9 Å². The van der Waals surface area contributed by atoms with Crippen LogP contribution in [0, 0.1) is 5.82 Å². The number of hydrogen-bond acceptors (Lipinski definition) is 4. The molecule has 134 valence electrons. The smallest absolute Gasteiger partial charge is 0.164 e. The SMILES string of the molecule is CC.COc1cc(C=O)c(F)cc1OCc1nc2c([nH]1)CCCC=C2. The summed E-state index contributed by atoms with van der Waals surface area (Å²) < 4.78 is 24.5. The van der Waals surface area contributed by atoms with Gasteiger partial charge in [0.25, 0.3) is 0 Å². The van der Waals surface area contributed by atoms with E-state index in [4.69, 9.17) is 9.47 Å². The average Bonchev–Trinajstić information content (AvgIpc) is 2.90. The van der Waals surface area contributed by atoms with Crippen LogP contribution in [-0.4, -0.2) is 23.4 Å². The average molecular weight is 346 g/mol. The minimum atomic E-state index is -0.644. The van der Waals surface area contributed by atoms with Gasteiger partial charge in [0.1, 0.15) is 18.2 Å². The number of benzene rings is 1. The van der Waals surface area contributed by atoms with Gasteiger partial charge < -0.3 is 14.5 Å². The normalized spacial score (nSPS) is 12.5. The van der Waals surface area contributed by atoms with E-state index < -0.39 is 5.82 Å². The molecule has 0 aliphatic heterocycles. The Bertz CT molecular complexity index is 753. The number of aromatic amines is 1. The van der Waals surface area contributed by atoms with Crippen molar-refractivity contribution >= 4 is 12.4 Å². The standard InChI is InChI=1S/C17H17FN2O3.C2H6/c1-22-15-7-11(9-21)12(18)8-16(15)23-10-17-19-13-5-3-2-4-6-14(13)20-17;1-2/h3,5,7-9H,2,4,6,10H2,1H3,(H,19,20);1-2H3. The lowest BCUT2D eigenvalue weighted by molar-refractivity contribution is 0.111. The number of ether oxygens (including phenoxy) is 2. The molecule has 25 heavy (non-hydrogen) atoms. The Balaban J connectivity index is 0.00000109. The molecule has 1 N–H and O–H groups in total. The molecule has 1 aliphatic rings. The van der Waals surface area contributed by atoms with Gasteiger partial charge in [-0.2, -0.15) is 0 Å². The number of aromatic nitrogens is 2. The van der Waals surface area contributed by atoms with Crippen LogP contribution in [0.25, 0.3) is 6.08 Å².